The maximum Gasteiger partial charge on any atom is 0.0660 e. The third-order valence-corrected chi connectivity index (χ3v) is 3.04. The van der Waals surface area contributed by atoms with E-state index in [1.54, 1.807) is 0 Å². The number of nitrogens with two attached hydrogens (primary N) is 1. The summed E-state index contributed by atoms with van der Waals surface area (Å²) in [6, 6.07) is 5.74. The Balaban J connectivity index is 2.24. The highest BCUT2D eigenvalue weighted by Crippen LogP contribution is 2.31. The van der Waals surface area contributed by atoms with E-state index in [-0.39, 0.29) is 0 Å². The monoisotopic (exact) mass is 210 g/mol. The topological polar surface area (TPSA) is 29.3 Å². The molecular weight excluding hydrogens is 196 g/mol. The summed E-state index contributed by atoms with van der Waals surface area (Å²) in [5.74, 6) is 0.767. The molecule has 2 rings (SSSR count). The SMILES string of the molecule is CC1CCN(c2ccc(N)cc2Cl)C1. The molecule has 2 nitrogen and oxygen atoms in total. The van der Waals surface area contributed by atoms with Crippen LogP contribution in [0.4, 0.5) is 11.4 Å². The number of rotatable bonds is 1. The van der Waals surface area contributed by atoms with E-state index >= 15 is 0 Å². The fourth-order valence-corrected chi connectivity index (χ4v) is 2.24. The lowest BCUT2D eigenvalue weighted by atomic mass is 10.2. The molecule has 14 heavy (non-hydrogen) atoms. The zero-order valence-corrected chi connectivity index (χ0v) is 9.09. The van der Waals surface area contributed by atoms with Crippen molar-refractivity contribution in [2.45, 2.75) is 13.3 Å². The van der Waals surface area contributed by atoms with Crippen LogP contribution in [0.5, 0.6) is 0 Å². The van der Waals surface area contributed by atoms with Crippen molar-refractivity contribution in [2.75, 3.05) is 23.7 Å². The van der Waals surface area contributed by atoms with Crippen molar-refractivity contribution in [1.29, 1.82) is 0 Å². The van der Waals surface area contributed by atoms with Crippen molar-refractivity contribution in [3.05, 3.63) is 23.2 Å². The highest BCUT2D eigenvalue weighted by atomic mass is 35.5. The number of anilines is 2. The van der Waals surface area contributed by atoms with Crippen LogP contribution in [0, 0.1) is 5.92 Å². The Morgan fingerprint density at radius 3 is 2.86 bits per heavy atom. The predicted octanol–water partition coefficient (Wildman–Crippen LogP) is 2.77. The van der Waals surface area contributed by atoms with Crippen LogP contribution in [0.2, 0.25) is 5.02 Å². The highest BCUT2D eigenvalue weighted by molar-refractivity contribution is 6.33. The molecule has 0 radical (unpaired) electrons. The van der Waals surface area contributed by atoms with Gasteiger partial charge in [-0.1, -0.05) is 18.5 Å². The molecule has 1 heterocycles. The quantitative estimate of drug-likeness (QED) is 0.723. The van der Waals surface area contributed by atoms with Gasteiger partial charge in [0.2, 0.25) is 0 Å². The van der Waals surface area contributed by atoms with Gasteiger partial charge >= 0.3 is 0 Å². The molecule has 0 spiro atoms. The summed E-state index contributed by atoms with van der Waals surface area (Å²) in [5, 5.41) is 0.763. The maximum atomic E-state index is 6.14. The molecule has 1 fully saturated rings. The van der Waals surface area contributed by atoms with Crippen LogP contribution in [0.3, 0.4) is 0 Å². The average Bonchev–Trinajstić information content (AvgIpc) is 2.51. The predicted molar refractivity (Wildman–Crippen MR) is 61.9 cm³/mol. The molecule has 1 saturated heterocycles. The number of nitrogen functional groups attached to an aromatic ring is 1. The van der Waals surface area contributed by atoms with E-state index in [9.17, 15) is 0 Å². The summed E-state index contributed by atoms with van der Waals surface area (Å²) in [5.41, 5.74) is 7.49. The fraction of sp³-hybridized carbons (Fsp3) is 0.455. The van der Waals surface area contributed by atoms with Gasteiger partial charge in [0.1, 0.15) is 0 Å². The van der Waals surface area contributed by atoms with Gasteiger partial charge in [-0.2, -0.15) is 0 Å². The summed E-state index contributed by atoms with van der Waals surface area (Å²) < 4.78 is 0. The lowest BCUT2D eigenvalue weighted by molar-refractivity contribution is 0.659. The molecule has 0 amide bonds. The van der Waals surface area contributed by atoms with E-state index in [2.05, 4.69) is 11.8 Å². The van der Waals surface area contributed by atoms with Crippen LogP contribution in [-0.4, -0.2) is 13.1 Å². The van der Waals surface area contributed by atoms with E-state index in [4.69, 9.17) is 17.3 Å². The van der Waals surface area contributed by atoms with Crippen LogP contribution >= 0.6 is 11.6 Å². The second-order valence-corrected chi connectivity index (χ2v) is 4.46. The maximum absolute atomic E-state index is 6.14. The van der Waals surface area contributed by atoms with Gasteiger partial charge in [0.25, 0.3) is 0 Å². The van der Waals surface area contributed by atoms with Crippen LogP contribution in [0.25, 0.3) is 0 Å². The first-order chi connectivity index (χ1) is 6.66. The Kier molecular flexibility index (Phi) is 2.55. The van der Waals surface area contributed by atoms with Gasteiger partial charge in [0.05, 0.1) is 10.7 Å². The molecule has 1 aliphatic heterocycles. The number of hydrogen-bond acceptors (Lipinski definition) is 2. The third kappa shape index (κ3) is 1.80. The van der Waals surface area contributed by atoms with Gasteiger partial charge < -0.3 is 10.6 Å². The zero-order chi connectivity index (χ0) is 10.1. The second-order valence-electron chi connectivity index (χ2n) is 4.05. The first-order valence-electron chi connectivity index (χ1n) is 4.97. The third-order valence-electron chi connectivity index (χ3n) is 2.74. The van der Waals surface area contributed by atoms with E-state index < -0.39 is 0 Å². The highest BCUT2D eigenvalue weighted by Gasteiger charge is 2.20. The normalized spacial score (nSPS) is 21.6. The smallest absolute Gasteiger partial charge is 0.0660 e. The minimum absolute atomic E-state index is 0.728. The first-order valence-corrected chi connectivity index (χ1v) is 5.34. The first kappa shape index (κ1) is 9.66. The summed E-state index contributed by atoms with van der Waals surface area (Å²) in [4.78, 5) is 2.33. The van der Waals surface area contributed by atoms with Gasteiger partial charge in [0, 0.05) is 18.8 Å². The minimum atomic E-state index is 0.728. The fourth-order valence-electron chi connectivity index (χ4n) is 1.93. The number of nitrogens with zero attached hydrogens (tertiary/aromatic N) is 1. The molecule has 1 aromatic rings. The minimum Gasteiger partial charge on any atom is -0.399 e. The standard InChI is InChI=1S/C11H15ClN2/c1-8-4-5-14(7-8)11-3-2-9(13)6-10(11)12/h2-3,6,8H,4-5,7,13H2,1H3. The van der Waals surface area contributed by atoms with Gasteiger partial charge in [-0.3, -0.25) is 0 Å². The molecule has 1 unspecified atom stereocenters. The van der Waals surface area contributed by atoms with Gasteiger partial charge in [-0.05, 0) is 30.5 Å². The van der Waals surface area contributed by atoms with Crippen LogP contribution in [0.1, 0.15) is 13.3 Å². The van der Waals surface area contributed by atoms with Gasteiger partial charge in [0.15, 0.2) is 0 Å². The van der Waals surface area contributed by atoms with Gasteiger partial charge in [-0.25, -0.2) is 0 Å². The molecule has 0 aliphatic carbocycles. The van der Waals surface area contributed by atoms with E-state index in [1.165, 1.54) is 6.42 Å². The number of hydrogen-bond donors (Lipinski definition) is 1. The van der Waals surface area contributed by atoms with Crippen molar-refractivity contribution in [3.63, 3.8) is 0 Å². The second kappa shape index (κ2) is 3.70. The van der Waals surface area contributed by atoms with E-state index in [0.717, 1.165) is 35.4 Å². The molecule has 76 valence electrons. The van der Waals surface area contributed by atoms with E-state index in [0.29, 0.717) is 0 Å². The van der Waals surface area contributed by atoms with E-state index in [1.807, 2.05) is 18.2 Å². The Labute approximate surface area is 89.7 Å². The molecular formula is C11H15ClN2. The summed E-state index contributed by atoms with van der Waals surface area (Å²) in [7, 11) is 0. The Bertz CT molecular complexity index is 338. The van der Waals surface area contributed by atoms with Crippen LogP contribution in [0.15, 0.2) is 18.2 Å². The molecule has 0 saturated carbocycles. The molecule has 3 heteroatoms. The molecule has 1 aromatic carbocycles. The van der Waals surface area contributed by atoms with Crippen molar-refractivity contribution in [2.24, 2.45) is 5.92 Å². The zero-order valence-electron chi connectivity index (χ0n) is 8.33. The average molecular weight is 211 g/mol. The molecule has 0 bridgehead atoms. The van der Waals surface area contributed by atoms with Crippen molar-refractivity contribution < 1.29 is 0 Å². The Morgan fingerprint density at radius 2 is 2.29 bits per heavy atom. The number of benzene rings is 1. The molecule has 2 N–H and O–H groups in total. The van der Waals surface area contributed by atoms with Crippen LogP contribution in [-0.2, 0) is 0 Å². The Hall–Kier alpha value is -0.890. The Morgan fingerprint density at radius 1 is 1.50 bits per heavy atom. The lowest BCUT2D eigenvalue weighted by Crippen LogP contribution is -2.19. The summed E-state index contributed by atoms with van der Waals surface area (Å²) in [6.07, 6.45) is 1.25. The molecule has 0 aromatic heterocycles. The van der Waals surface area contributed by atoms with Crippen LogP contribution < -0.4 is 10.6 Å². The number of halogens is 1. The lowest BCUT2D eigenvalue weighted by Gasteiger charge is -2.19. The van der Waals surface area contributed by atoms with Crippen molar-refractivity contribution in [3.8, 4) is 0 Å². The molecule has 1 aliphatic rings. The summed E-state index contributed by atoms with van der Waals surface area (Å²) >= 11 is 6.14. The van der Waals surface area contributed by atoms with Crippen molar-refractivity contribution >= 4 is 23.0 Å². The molecule has 1 atom stereocenters. The van der Waals surface area contributed by atoms with Gasteiger partial charge in [-0.15, -0.1) is 0 Å². The summed E-state index contributed by atoms with van der Waals surface area (Å²) in [6.45, 7) is 4.47. The van der Waals surface area contributed by atoms with Crippen molar-refractivity contribution in [1.82, 2.24) is 0 Å². The largest absolute Gasteiger partial charge is 0.399 e.